The van der Waals surface area contributed by atoms with Gasteiger partial charge in [-0.05, 0) is 102 Å². The van der Waals surface area contributed by atoms with Gasteiger partial charge in [0.1, 0.15) is 0 Å². The summed E-state index contributed by atoms with van der Waals surface area (Å²) in [6, 6.07) is 16.5. The molecular weight excluding hydrogens is 707 g/mol. The van der Waals surface area contributed by atoms with Crippen LogP contribution in [0.1, 0.15) is 122 Å². The zero-order valence-corrected chi connectivity index (χ0v) is 30.4. The van der Waals surface area contributed by atoms with Gasteiger partial charge in [0.05, 0.1) is 12.2 Å². The molecule has 0 aliphatic heterocycles. The van der Waals surface area contributed by atoms with Crippen LogP contribution in [0.3, 0.4) is 0 Å². The van der Waals surface area contributed by atoms with Crippen LogP contribution in [0.4, 0.5) is 0 Å². The molecule has 0 saturated heterocycles. The number of aromatic nitrogens is 1. The van der Waals surface area contributed by atoms with E-state index in [1.807, 2.05) is 6.20 Å². The zero-order valence-electron chi connectivity index (χ0n) is 28.0. The SMILES string of the molecule is CCC1(CC)CCCC2CCC(CC)(CC)C(O)C2C1O.Cc1[c-]c(-c2nccc3cc(C(C)C)ccc23)cc(C)c1.[Ir]. The number of hydrogen-bond donors (Lipinski definition) is 2. The van der Waals surface area contributed by atoms with Gasteiger partial charge in [-0.15, -0.1) is 34.9 Å². The number of aliphatic hydroxyl groups is 2. The fraction of sp³-hybridized carbons (Fsp3) is 0.615. The first kappa shape index (κ1) is 35.9. The molecule has 0 bridgehead atoms. The van der Waals surface area contributed by atoms with E-state index in [1.165, 1.54) is 41.2 Å². The second kappa shape index (κ2) is 15.1. The van der Waals surface area contributed by atoms with E-state index in [4.69, 9.17) is 0 Å². The molecule has 3 nitrogen and oxygen atoms in total. The van der Waals surface area contributed by atoms with Crippen LogP contribution in [0.2, 0.25) is 0 Å². The van der Waals surface area contributed by atoms with Gasteiger partial charge in [-0.2, -0.15) is 0 Å². The molecule has 2 aliphatic carbocycles. The molecule has 43 heavy (non-hydrogen) atoms. The van der Waals surface area contributed by atoms with Crippen LogP contribution in [0.15, 0.2) is 42.6 Å². The van der Waals surface area contributed by atoms with Crippen molar-refractivity contribution in [1.29, 1.82) is 0 Å². The van der Waals surface area contributed by atoms with E-state index in [0.717, 1.165) is 55.3 Å². The molecule has 5 rings (SSSR count). The number of pyridine rings is 1. The predicted molar refractivity (Wildman–Crippen MR) is 178 cm³/mol. The molecule has 3 aromatic rings. The molecule has 2 N–H and O–H groups in total. The van der Waals surface area contributed by atoms with Gasteiger partial charge in [-0.3, -0.25) is 0 Å². The van der Waals surface area contributed by atoms with Crippen LogP contribution in [-0.2, 0) is 20.1 Å². The van der Waals surface area contributed by atoms with E-state index in [0.29, 0.717) is 11.8 Å². The van der Waals surface area contributed by atoms with Gasteiger partial charge < -0.3 is 15.2 Å². The number of rotatable bonds is 6. The Bertz CT molecular complexity index is 1310. The van der Waals surface area contributed by atoms with Crippen LogP contribution < -0.4 is 0 Å². The summed E-state index contributed by atoms with van der Waals surface area (Å²) in [4.78, 5) is 4.60. The van der Waals surface area contributed by atoms with E-state index in [9.17, 15) is 10.2 Å². The van der Waals surface area contributed by atoms with Gasteiger partial charge in [0.15, 0.2) is 0 Å². The maximum Gasteiger partial charge on any atom is 0.0651 e. The average molecular weight is 763 g/mol. The van der Waals surface area contributed by atoms with Crippen molar-refractivity contribution < 1.29 is 30.3 Å². The Balaban J connectivity index is 0.000000230. The van der Waals surface area contributed by atoms with Crippen molar-refractivity contribution in [2.75, 3.05) is 0 Å². The van der Waals surface area contributed by atoms with Gasteiger partial charge in [0.25, 0.3) is 0 Å². The van der Waals surface area contributed by atoms with Crippen molar-refractivity contribution in [1.82, 2.24) is 4.98 Å². The van der Waals surface area contributed by atoms with Crippen LogP contribution in [0.25, 0.3) is 22.0 Å². The minimum Gasteiger partial charge on any atom is -0.392 e. The first-order valence-corrected chi connectivity index (χ1v) is 16.8. The Morgan fingerprint density at radius 3 is 2.07 bits per heavy atom. The average Bonchev–Trinajstić information content (AvgIpc) is 3.13. The molecule has 239 valence electrons. The number of aryl methyl sites for hydroxylation is 2. The molecule has 2 fully saturated rings. The summed E-state index contributed by atoms with van der Waals surface area (Å²) in [6.45, 7) is 17.5. The summed E-state index contributed by atoms with van der Waals surface area (Å²) in [5.74, 6) is 1.17. The molecule has 1 radical (unpaired) electrons. The van der Waals surface area contributed by atoms with Crippen molar-refractivity contribution in [3.8, 4) is 11.3 Å². The Kier molecular flexibility index (Phi) is 12.6. The Morgan fingerprint density at radius 1 is 0.860 bits per heavy atom. The molecular formula is C39H56IrNO2-. The second-order valence-corrected chi connectivity index (χ2v) is 13.8. The molecule has 4 heteroatoms. The fourth-order valence-corrected chi connectivity index (χ4v) is 8.36. The molecule has 2 aromatic carbocycles. The quantitative estimate of drug-likeness (QED) is 0.246. The minimum atomic E-state index is -0.326. The molecule has 0 amide bonds. The van der Waals surface area contributed by atoms with Gasteiger partial charge in [-0.25, -0.2) is 0 Å². The topological polar surface area (TPSA) is 53.4 Å². The Hall–Kier alpha value is -1.58. The standard InChI is InChI=1S/C20H20N.C19H36O2.Ir/c1-13(2)16-5-6-19-17(12-16)7-8-21-20(19)18-10-14(3)9-15(4)11-18;1-5-18(6-2)12-9-10-14-11-13-19(7-3,8-4)17(21)15(14)16(18)20;/h5-10,12-13H,1-4H3;14-17,20-21H,5-13H2,1-4H3;/q-1;;. The van der Waals surface area contributed by atoms with Gasteiger partial charge >= 0.3 is 0 Å². The van der Waals surface area contributed by atoms with Gasteiger partial charge in [-0.1, -0.05) is 80.0 Å². The number of benzene rings is 2. The zero-order chi connectivity index (χ0) is 30.7. The maximum atomic E-state index is 11.2. The number of nitrogens with zero attached hydrogens (tertiary/aromatic N) is 1. The summed E-state index contributed by atoms with van der Waals surface area (Å²) >= 11 is 0. The summed E-state index contributed by atoms with van der Waals surface area (Å²) in [6.07, 6.45) is 11.3. The largest absolute Gasteiger partial charge is 0.392 e. The van der Waals surface area contributed by atoms with E-state index in [1.54, 1.807) is 0 Å². The number of aliphatic hydroxyl groups excluding tert-OH is 2. The van der Waals surface area contributed by atoms with Crippen LogP contribution >= 0.6 is 0 Å². The third-order valence-corrected chi connectivity index (χ3v) is 11.5. The van der Waals surface area contributed by atoms with E-state index in [2.05, 4.69) is 103 Å². The third-order valence-electron chi connectivity index (χ3n) is 11.5. The molecule has 2 saturated carbocycles. The smallest absolute Gasteiger partial charge is 0.0651 e. The van der Waals surface area contributed by atoms with Crippen LogP contribution in [0.5, 0.6) is 0 Å². The van der Waals surface area contributed by atoms with Crippen molar-refractivity contribution in [2.45, 2.75) is 131 Å². The molecule has 0 spiro atoms. The number of hydrogen-bond acceptors (Lipinski definition) is 3. The fourth-order valence-electron chi connectivity index (χ4n) is 8.36. The van der Waals surface area contributed by atoms with Crippen LogP contribution in [0, 0.1) is 42.6 Å². The second-order valence-electron chi connectivity index (χ2n) is 13.8. The maximum absolute atomic E-state index is 11.2. The first-order chi connectivity index (χ1) is 20.0. The van der Waals surface area contributed by atoms with E-state index < -0.39 is 0 Å². The summed E-state index contributed by atoms with van der Waals surface area (Å²) in [7, 11) is 0. The normalized spacial score (nSPS) is 24.3. The Labute approximate surface area is 275 Å². The summed E-state index contributed by atoms with van der Waals surface area (Å²) < 4.78 is 0. The monoisotopic (exact) mass is 763 g/mol. The molecule has 1 aromatic heterocycles. The third kappa shape index (κ3) is 7.30. The van der Waals surface area contributed by atoms with Gasteiger partial charge in [0.2, 0.25) is 0 Å². The van der Waals surface area contributed by atoms with E-state index >= 15 is 0 Å². The summed E-state index contributed by atoms with van der Waals surface area (Å²) in [5.41, 5.74) is 5.94. The van der Waals surface area contributed by atoms with Crippen molar-refractivity contribution in [3.63, 3.8) is 0 Å². The Morgan fingerprint density at radius 2 is 1.49 bits per heavy atom. The molecule has 1 heterocycles. The first-order valence-electron chi connectivity index (χ1n) is 16.8. The minimum absolute atomic E-state index is 0. The van der Waals surface area contributed by atoms with E-state index in [-0.39, 0.29) is 49.1 Å². The number of fused-ring (bicyclic) bond motifs is 2. The van der Waals surface area contributed by atoms with Crippen molar-refractivity contribution >= 4 is 10.8 Å². The summed E-state index contributed by atoms with van der Waals surface area (Å²) in [5, 5.41) is 24.8. The van der Waals surface area contributed by atoms with Crippen molar-refractivity contribution in [3.05, 3.63) is 65.4 Å². The molecule has 2 aliphatic rings. The van der Waals surface area contributed by atoms with Crippen molar-refractivity contribution in [2.24, 2.45) is 22.7 Å². The van der Waals surface area contributed by atoms with Gasteiger partial charge in [0, 0.05) is 32.2 Å². The predicted octanol–water partition coefficient (Wildman–Crippen LogP) is 9.97. The molecule has 4 unspecified atom stereocenters. The van der Waals surface area contributed by atoms with Crippen LogP contribution in [-0.4, -0.2) is 27.4 Å². The molecule has 4 atom stereocenters.